The Morgan fingerprint density at radius 1 is 0.972 bits per heavy atom. The minimum absolute atomic E-state index is 0.00947. The van der Waals surface area contributed by atoms with Gasteiger partial charge in [0.1, 0.15) is 5.82 Å². The molecule has 11 heteroatoms. The first-order chi connectivity index (χ1) is 16.9. The van der Waals surface area contributed by atoms with Crippen molar-refractivity contribution in [3.8, 4) is 11.4 Å². The van der Waals surface area contributed by atoms with Crippen molar-refractivity contribution in [3.63, 3.8) is 0 Å². The quantitative estimate of drug-likeness (QED) is 0.416. The van der Waals surface area contributed by atoms with E-state index in [1.807, 2.05) is 42.2 Å². The third-order valence-corrected chi connectivity index (χ3v) is 6.03. The summed E-state index contributed by atoms with van der Waals surface area (Å²) >= 11 is 0. The molecule has 2 heterocycles. The molecule has 1 aliphatic heterocycles. The summed E-state index contributed by atoms with van der Waals surface area (Å²) in [7, 11) is 1.81. The number of hydrogen-bond donors (Lipinski definition) is 0. The fourth-order valence-electron chi connectivity index (χ4n) is 4.01. The summed E-state index contributed by atoms with van der Waals surface area (Å²) in [4.78, 5) is 25.5. The Kier molecular flexibility index (Phi) is 6.68. The minimum Gasteiger partial charge on any atom is -0.360 e. The van der Waals surface area contributed by atoms with Gasteiger partial charge in [0.2, 0.25) is 0 Å². The number of anilines is 1. The Hall–Kier alpha value is -3.63. The Morgan fingerprint density at radius 3 is 2.14 bits per heavy atom. The Morgan fingerprint density at radius 2 is 1.58 bits per heavy atom. The predicted octanol–water partition coefficient (Wildman–Crippen LogP) is 5.84. The maximum atomic E-state index is 13.3. The van der Waals surface area contributed by atoms with Gasteiger partial charge in [-0.25, -0.2) is 9.97 Å². The van der Waals surface area contributed by atoms with E-state index in [1.54, 1.807) is 7.05 Å². The highest BCUT2D eigenvalue weighted by Gasteiger charge is 2.38. The number of fused-ring (bicyclic) bond motifs is 1. The number of halogens is 6. The summed E-state index contributed by atoms with van der Waals surface area (Å²) in [6.07, 6.45) is -9.80. The molecule has 36 heavy (non-hydrogen) atoms. The van der Waals surface area contributed by atoms with Crippen molar-refractivity contribution in [1.82, 2.24) is 14.9 Å². The Labute approximate surface area is 203 Å². The zero-order chi connectivity index (χ0) is 26.3. The largest absolute Gasteiger partial charge is 0.416 e. The van der Waals surface area contributed by atoms with Crippen LogP contribution in [0.15, 0.2) is 48.5 Å². The van der Waals surface area contributed by atoms with Crippen LogP contribution in [0.4, 0.5) is 32.2 Å². The number of alkyl halides is 6. The van der Waals surface area contributed by atoms with Crippen LogP contribution in [0.3, 0.4) is 0 Å². The SMILES string of the molecule is CCN(C)c1nc(-c2ccccc2)nc2c1CN(C(=O)c1cc(C(F)(F)F)cc(C(F)(F)F)c1)CC2. The lowest BCUT2D eigenvalue weighted by atomic mass is 10.0. The summed E-state index contributed by atoms with van der Waals surface area (Å²) in [6.45, 7) is 2.53. The van der Waals surface area contributed by atoms with Crippen LogP contribution in [0.25, 0.3) is 11.4 Å². The van der Waals surface area contributed by atoms with Crippen molar-refractivity contribution >= 4 is 11.7 Å². The van der Waals surface area contributed by atoms with Crippen molar-refractivity contribution in [3.05, 3.63) is 76.5 Å². The topological polar surface area (TPSA) is 49.3 Å². The molecular weight excluding hydrogens is 486 g/mol. The highest BCUT2D eigenvalue weighted by molar-refractivity contribution is 5.95. The monoisotopic (exact) mass is 508 g/mol. The molecule has 0 atom stereocenters. The second-order valence-corrected chi connectivity index (χ2v) is 8.45. The molecule has 4 rings (SSSR count). The number of benzene rings is 2. The number of amides is 1. The Balaban J connectivity index is 1.73. The molecule has 1 aromatic heterocycles. The van der Waals surface area contributed by atoms with E-state index in [4.69, 9.17) is 0 Å². The van der Waals surface area contributed by atoms with Gasteiger partial charge < -0.3 is 9.80 Å². The fraction of sp³-hybridized carbons (Fsp3) is 0.320. The van der Waals surface area contributed by atoms with Crippen LogP contribution in [0.2, 0.25) is 0 Å². The number of aromatic nitrogens is 2. The van der Waals surface area contributed by atoms with E-state index in [0.717, 1.165) is 5.56 Å². The second kappa shape index (κ2) is 9.44. The first-order valence-corrected chi connectivity index (χ1v) is 11.1. The van der Waals surface area contributed by atoms with Gasteiger partial charge in [-0.1, -0.05) is 30.3 Å². The van der Waals surface area contributed by atoms with Gasteiger partial charge in [0.25, 0.3) is 5.91 Å². The van der Waals surface area contributed by atoms with Crippen LogP contribution in [-0.4, -0.2) is 40.9 Å². The predicted molar refractivity (Wildman–Crippen MR) is 121 cm³/mol. The molecule has 3 aromatic rings. The highest BCUT2D eigenvalue weighted by Crippen LogP contribution is 2.37. The maximum Gasteiger partial charge on any atom is 0.416 e. The Bertz CT molecular complexity index is 1240. The number of rotatable bonds is 4. The number of nitrogens with zero attached hydrogens (tertiary/aromatic N) is 4. The average molecular weight is 508 g/mol. The minimum atomic E-state index is -5.04. The van der Waals surface area contributed by atoms with Crippen molar-refractivity contribution in [2.45, 2.75) is 32.2 Å². The standard InChI is InChI=1S/C25H22F6N4O/c1-3-34(2)22-19-14-35(10-9-20(19)32-21(33-22)15-7-5-4-6-8-15)23(36)16-11-17(24(26,27)28)13-18(12-16)25(29,30)31/h4-8,11-13H,3,9-10,14H2,1-2H3. The van der Waals surface area contributed by atoms with E-state index in [0.29, 0.717) is 41.6 Å². The molecule has 0 aliphatic carbocycles. The molecule has 1 aliphatic rings. The van der Waals surface area contributed by atoms with Gasteiger partial charge in [0.05, 0.1) is 23.4 Å². The van der Waals surface area contributed by atoms with Crippen LogP contribution in [0.1, 0.15) is 39.7 Å². The smallest absolute Gasteiger partial charge is 0.360 e. The third kappa shape index (κ3) is 5.14. The summed E-state index contributed by atoms with van der Waals surface area (Å²) < 4.78 is 79.7. The van der Waals surface area contributed by atoms with E-state index in [1.165, 1.54) is 4.90 Å². The molecule has 0 radical (unpaired) electrons. The first-order valence-electron chi connectivity index (χ1n) is 11.1. The normalized spacial score (nSPS) is 13.9. The molecule has 0 N–H and O–H groups in total. The van der Waals surface area contributed by atoms with Gasteiger partial charge in [-0.2, -0.15) is 26.3 Å². The molecule has 0 fully saturated rings. The maximum absolute atomic E-state index is 13.3. The second-order valence-electron chi connectivity index (χ2n) is 8.45. The lowest BCUT2D eigenvalue weighted by Crippen LogP contribution is -2.38. The summed E-state index contributed by atoms with van der Waals surface area (Å²) in [5.74, 6) is 0.130. The molecule has 0 saturated carbocycles. The van der Waals surface area contributed by atoms with E-state index in [2.05, 4.69) is 9.97 Å². The summed E-state index contributed by atoms with van der Waals surface area (Å²) in [5, 5.41) is 0. The summed E-state index contributed by atoms with van der Waals surface area (Å²) in [6, 6.07) is 10.2. The highest BCUT2D eigenvalue weighted by atomic mass is 19.4. The summed E-state index contributed by atoms with van der Waals surface area (Å²) in [5.41, 5.74) is -1.63. The molecule has 0 saturated heterocycles. The fourth-order valence-corrected chi connectivity index (χ4v) is 4.01. The van der Waals surface area contributed by atoms with Gasteiger partial charge in [-0.15, -0.1) is 0 Å². The molecule has 5 nitrogen and oxygen atoms in total. The number of carbonyl (C=O) groups is 1. The van der Waals surface area contributed by atoms with Crippen LogP contribution in [0, 0.1) is 0 Å². The van der Waals surface area contributed by atoms with Crippen molar-refractivity contribution in [2.24, 2.45) is 0 Å². The van der Waals surface area contributed by atoms with Crippen LogP contribution >= 0.6 is 0 Å². The molecule has 0 unspecified atom stereocenters. The van der Waals surface area contributed by atoms with Crippen molar-refractivity contribution in [2.75, 3.05) is 25.0 Å². The van der Waals surface area contributed by atoms with Gasteiger partial charge >= 0.3 is 12.4 Å². The molecule has 2 aromatic carbocycles. The molecule has 0 spiro atoms. The lowest BCUT2D eigenvalue weighted by molar-refractivity contribution is -0.143. The van der Waals surface area contributed by atoms with Crippen LogP contribution < -0.4 is 4.90 Å². The van der Waals surface area contributed by atoms with Gasteiger partial charge in [-0.05, 0) is 25.1 Å². The average Bonchev–Trinajstić information content (AvgIpc) is 2.86. The first kappa shape index (κ1) is 25.5. The van der Waals surface area contributed by atoms with E-state index >= 15 is 0 Å². The zero-order valence-corrected chi connectivity index (χ0v) is 19.4. The number of hydrogen-bond acceptors (Lipinski definition) is 4. The molecule has 0 bridgehead atoms. The van der Waals surface area contributed by atoms with E-state index in [-0.39, 0.29) is 25.6 Å². The number of carbonyl (C=O) groups excluding carboxylic acids is 1. The van der Waals surface area contributed by atoms with Gasteiger partial charge in [-0.3, -0.25) is 4.79 Å². The zero-order valence-electron chi connectivity index (χ0n) is 19.4. The van der Waals surface area contributed by atoms with Crippen LogP contribution in [0.5, 0.6) is 0 Å². The molecule has 190 valence electrons. The van der Waals surface area contributed by atoms with Crippen LogP contribution in [-0.2, 0) is 25.3 Å². The molecular formula is C25H22F6N4O. The third-order valence-electron chi connectivity index (χ3n) is 6.03. The van der Waals surface area contributed by atoms with Gasteiger partial charge in [0.15, 0.2) is 5.82 Å². The van der Waals surface area contributed by atoms with Gasteiger partial charge in [0, 0.05) is 43.2 Å². The van der Waals surface area contributed by atoms with E-state index in [9.17, 15) is 31.1 Å². The molecule has 1 amide bonds. The van der Waals surface area contributed by atoms with Crippen molar-refractivity contribution < 1.29 is 31.1 Å². The van der Waals surface area contributed by atoms with E-state index < -0.39 is 35.0 Å². The van der Waals surface area contributed by atoms with Crippen molar-refractivity contribution in [1.29, 1.82) is 0 Å². The lowest BCUT2D eigenvalue weighted by Gasteiger charge is -2.32.